The van der Waals surface area contributed by atoms with Gasteiger partial charge in [-0.1, -0.05) is 6.07 Å². The molecule has 0 saturated heterocycles. The second kappa shape index (κ2) is 4.59. The van der Waals surface area contributed by atoms with Crippen LogP contribution in [0.25, 0.3) is 0 Å². The van der Waals surface area contributed by atoms with Gasteiger partial charge < -0.3 is 10.3 Å². The Morgan fingerprint density at radius 2 is 2.47 bits per heavy atom. The number of nitrogens with one attached hydrogen (secondary N) is 2. The molecule has 0 spiro atoms. The predicted molar refractivity (Wildman–Crippen MR) is 62.9 cm³/mol. The van der Waals surface area contributed by atoms with Crippen LogP contribution in [0.2, 0.25) is 0 Å². The predicted octanol–water partition coefficient (Wildman–Crippen LogP) is 2.63. The lowest BCUT2D eigenvalue weighted by molar-refractivity contribution is 0.575. The maximum Gasteiger partial charge on any atom is 0.0925 e. The van der Waals surface area contributed by atoms with Crippen LogP contribution in [0.15, 0.2) is 23.8 Å². The molecule has 2 rings (SSSR count). The Labute approximate surface area is 93.6 Å². The van der Waals surface area contributed by atoms with Crippen molar-refractivity contribution in [2.24, 2.45) is 0 Å². The summed E-state index contributed by atoms with van der Waals surface area (Å²) in [6.45, 7) is 5.03. The molecular weight excluding hydrogens is 206 g/mol. The Morgan fingerprint density at radius 1 is 1.60 bits per heavy atom. The average Bonchev–Trinajstić information content (AvgIpc) is 2.85. The minimum Gasteiger partial charge on any atom is -0.348 e. The summed E-state index contributed by atoms with van der Waals surface area (Å²) < 4.78 is 0. The summed E-state index contributed by atoms with van der Waals surface area (Å²) in [5.74, 6) is 0. The molecule has 0 amide bonds. The molecule has 0 saturated carbocycles. The van der Waals surface area contributed by atoms with E-state index in [0.717, 1.165) is 17.9 Å². The summed E-state index contributed by atoms with van der Waals surface area (Å²) in [6.07, 6.45) is 1.74. The number of rotatable bonds is 4. The van der Waals surface area contributed by atoms with Gasteiger partial charge in [-0.2, -0.15) is 0 Å². The van der Waals surface area contributed by atoms with Gasteiger partial charge in [-0.15, -0.1) is 11.3 Å². The molecule has 2 aromatic heterocycles. The number of aryl methyl sites for hydroxylation is 1. The molecule has 4 heteroatoms. The molecule has 3 nitrogen and oxygen atoms in total. The number of aromatic nitrogens is 2. The molecule has 0 aliphatic rings. The number of nitrogens with zero attached hydrogens (tertiary/aromatic N) is 1. The fourth-order valence-electron chi connectivity index (χ4n) is 1.45. The molecule has 80 valence electrons. The zero-order valence-corrected chi connectivity index (χ0v) is 9.77. The Kier molecular flexibility index (Phi) is 3.18. The van der Waals surface area contributed by atoms with Crippen molar-refractivity contribution in [3.63, 3.8) is 0 Å². The average molecular weight is 221 g/mol. The number of imidazole rings is 1. The zero-order chi connectivity index (χ0) is 10.7. The van der Waals surface area contributed by atoms with Crippen LogP contribution in [-0.4, -0.2) is 9.97 Å². The monoisotopic (exact) mass is 221 g/mol. The molecule has 1 unspecified atom stereocenters. The smallest absolute Gasteiger partial charge is 0.0925 e. The molecule has 0 bridgehead atoms. The summed E-state index contributed by atoms with van der Waals surface area (Å²) in [6, 6.07) is 4.62. The molecular formula is C11H15N3S. The summed E-state index contributed by atoms with van der Waals surface area (Å²) in [5, 5.41) is 5.56. The lowest BCUT2D eigenvalue weighted by Crippen LogP contribution is -2.17. The lowest BCUT2D eigenvalue weighted by Gasteiger charge is -2.10. The standard InChI is InChI=1S/C11H15N3S/c1-8-10(14-7-13-8)6-12-9(2)11-4-3-5-15-11/h3-5,7,9,12H,6H2,1-2H3,(H,13,14). The molecule has 2 heterocycles. The van der Waals surface area contributed by atoms with Crippen molar-refractivity contribution >= 4 is 11.3 Å². The molecule has 15 heavy (non-hydrogen) atoms. The third-order valence-electron chi connectivity index (χ3n) is 2.48. The number of H-pyrrole nitrogens is 1. The Hall–Kier alpha value is -1.13. The van der Waals surface area contributed by atoms with Gasteiger partial charge in [0.25, 0.3) is 0 Å². The Bertz CT molecular complexity index is 405. The Balaban J connectivity index is 1.91. The maximum atomic E-state index is 4.25. The quantitative estimate of drug-likeness (QED) is 0.833. The summed E-state index contributed by atoms with van der Waals surface area (Å²) in [5.41, 5.74) is 2.24. The topological polar surface area (TPSA) is 40.7 Å². The van der Waals surface area contributed by atoms with Gasteiger partial charge in [-0.3, -0.25) is 0 Å². The van der Waals surface area contributed by atoms with Crippen LogP contribution in [-0.2, 0) is 6.54 Å². The highest BCUT2D eigenvalue weighted by Crippen LogP contribution is 2.18. The molecule has 0 radical (unpaired) electrons. The fraction of sp³-hybridized carbons (Fsp3) is 0.364. The van der Waals surface area contributed by atoms with Crippen molar-refractivity contribution in [1.82, 2.24) is 15.3 Å². The third kappa shape index (κ3) is 2.46. The first-order valence-corrected chi connectivity index (χ1v) is 5.91. The van der Waals surface area contributed by atoms with Crippen LogP contribution in [0.1, 0.15) is 29.2 Å². The van der Waals surface area contributed by atoms with E-state index in [1.54, 1.807) is 17.7 Å². The highest BCUT2D eigenvalue weighted by molar-refractivity contribution is 7.10. The van der Waals surface area contributed by atoms with Crippen molar-refractivity contribution in [2.45, 2.75) is 26.4 Å². The van der Waals surface area contributed by atoms with E-state index in [9.17, 15) is 0 Å². The van der Waals surface area contributed by atoms with E-state index in [1.807, 2.05) is 6.92 Å². The summed E-state index contributed by atoms with van der Waals surface area (Å²) >= 11 is 1.78. The fourth-order valence-corrected chi connectivity index (χ4v) is 2.21. The molecule has 0 aliphatic heterocycles. The lowest BCUT2D eigenvalue weighted by atomic mass is 10.2. The minimum absolute atomic E-state index is 0.390. The Morgan fingerprint density at radius 3 is 3.07 bits per heavy atom. The highest BCUT2D eigenvalue weighted by Gasteiger charge is 2.07. The zero-order valence-electron chi connectivity index (χ0n) is 8.95. The van der Waals surface area contributed by atoms with Crippen molar-refractivity contribution < 1.29 is 0 Å². The summed E-state index contributed by atoms with van der Waals surface area (Å²) in [4.78, 5) is 8.70. The van der Waals surface area contributed by atoms with E-state index in [0.29, 0.717) is 6.04 Å². The summed E-state index contributed by atoms with van der Waals surface area (Å²) in [7, 11) is 0. The first kappa shape index (κ1) is 10.4. The number of hydrogen-bond acceptors (Lipinski definition) is 3. The molecule has 0 aliphatic carbocycles. The molecule has 0 fully saturated rings. The molecule has 0 aromatic carbocycles. The third-order valence-corrected chi connectivity index (χ3v) is 3.53. The van der Waals surface area contributed by atoms with Gasteiger partial charge in [0.15, 0.2) is 0 Å². The van der Waals surface area contributed by atoms with Gasteiger partial charge in [-0.25, -0.2) is 4.98 Å². The van der Waals surface area contributed by atoms with Crippen molar-refractivity contribution in [1.29, 1.82) is 0 Å². The van der Waals surface area contributed by atoms with Crippen molar-refractivity contribution in [3.05, 3.63) is 40.1 Å². The van der Waals surface area contributed by atoms with Crippen LogP contribution in [0.5, 0.6) is 0 Å². The van der Waals surface area contributed by atoms with Gasteiger partial charge in [-0.05, 0) is 25.3 Å². The van der Waals surface area contributed by atoms with E-state index in [-0.39, 0.29) is 0 Å². The number of thiophene rings is 1. The van der Waals surface area contributed by atoms with E-state index in [1.165, 1.54) is 4.88 Å². The van der Waals surface area contributed by atoms with Crippen LogP contribution in [0.3, 0.4) is 0 Å². The first-order chi connectivity index (χ1) is 7.27. The number of hydrogen-bond donors (Lipinski definition) is 2. The second-order valence-corrected chi connectivity index (χ2v) is 4.57. The highest BCUT2D eigenvalue weighted by atomic mass is 32.1. The first-order valence-electron chi connectivity index (χ1n) is 5.03. The molecule has 2 N–H and O–H groups in total. The maximum absolute atomic E-state index is 4.25. The van der Waals surface area contributed by atoms with Crippen LogP contribution < -0.4 is 5.32 Å². The van der Waals surface area contributed by atoms with Gasteiger partial charge in [0, 0.05) is 23.2 Å². The van der Waals surface area contributed by atoms with E-state index >= 15 is 0 Å². The van der Waals surface area contributed by atoms with Crippen molar-refractivity contribution in [3.8, 4) is 0 Å². The van der Waals surface area contributed by atoms with E-state index in [2.05, 4.69) is 39.7 Å². The second-order valence-electron chi connectivity index (χ2n) is 3.59. The van der Waals surface area contributed by atoms with Gasteiger partial charge in [0.1, 0.15) is 0 Å². The van der Waals surface area contributed by atoms with Gasteiger partial charge in [0.2, 0.25) is 0 Å². The molecule has 1 atom stereocenters. The number of aromatic amines is 1. The van der Waals surface area contributed by atoms with Crippen LogP contribution in [0, 0.1) is 6.92 Å². The van der Waals surface area contributed by atoms with Crippen molar-refractivity contribution in [2.75, 3.05) is 0 Å². The minimum atomic E-state index is 0.390. The largest absolute Gasteiger partial charge is 0.348 e. The normalized spacial score (nSPS) is 12.9. The van der Waals surface area contributed by atoms with E-state index in [4.69, 9.17) is 0 Å². The van der Waals surface area contributed by atoms with E-state index < -0.39 is 0 Å². The van der Waals surface area contributed by atoms with Crippen LogP contribution in [0.4, 0.5) is 0 Å². The van der Waals surface area contributed by atoms with Gasteiger partial charge >= 0.3 is 0 Å². The molecule has 2 aromatic rings. The SMILES string of the molecule is Cc1[nH]cnc1CNC(C)c1cccs1. The van der Waals surface area contributed by atoms with Gasteiger partial charge in [0.05, 0.1) is 12.0 Å². The van der Waals surface area contributed by atoms with Crippen LogP contribution >= 0.6 is 11.3 Å².